The molecule has 5 N–H and O–H groups in total. The molecule has 0 saturated carbocycles. The van der Waals surface area contributed by atoms with Crippen molar-refractivity contribution in [2.75, 3.05) is 12.1 Å². The number of nitrogens with two attached hydrogens (primary N) is 1. The molecule has 0 amide bonds. The van der Waals surface area contributed by atoms with E-state index >= 15 is 0 Å². The second kappa shape index (κ2) is 6.08. The monoisotopic (exact) mass is 351 g/mol. The molecule has 0 radical (unpaired) electrons. The Morgan fingerprint density at radius 1 is 1.38 bits per heavy atom. The molecule has 0 unspecified atom stereocenters. The molecular weight excluding hydrogens is 337 g/mol. The van der Waals surface area contributed by atoms with E-state index in [1.807, 2.05) is 0 Å². The normalized spacial score (nSPS) is 11.8. The van der Waals surface area contributed by atoms with E-state index in [1.54, 1.807) is 28.8 Å². The molecular formula is C13H14N5O5P. The molecule has 3 rings (SSSR count). The number of H-pyrrole nitrogens is 1. The maximum atomic E-state index is 11.8. The first-order valence-electron chi connectivity index (χ1n) is 6.79. The predicted octanol–water partition coefficient (Wildman–Crippen LogP) is 0.264. The van der Waals surface area contributed by atoms with E-state index in [0.717, 1.165) is 5.56 Å². The summed E-state index contributed by atoms with van der Waals surface area (Å²) in [4.78, 5) is 39.9. The van der Waals surface area contributed by atoms with Gasteiger partial charge in [-0.15, -0.1) is 0 Å². The van der Waals surface area contributed by atoms with E-state index in [-0.39, 0.29) is 11.5 Å². The van der Waals surface area contributed by atoms with Crippen LogP contribution in [0.2, 0.25) is 0 Å². The highest BCUT2D eigenvalue weighted by molar-refractivity contribution is 7.51. The lowest BCUT2D eigenvalue weighted by atomic mass is 10.2. The minimum atomic E-state index is -4.25. The van der Waals surface area contributed by atoms with Gasteiger partial charge in [0.15, 0.2) is 17.5 Å². The highest BCUT2D eigenvalue weighted by Crippen LogP contribution is 2.34. The third-order valence-corrected chi connectivity index (χ3v) is 3.61. The van der Waals surface area contributed by atoms with Crippen LogP contribution in [0.15, 0.2) is 35.4 Å². The lowest BCUT2D eigenvalue weighted by molar-refractivity contribution is 0.300. The number of nitrogens with zero attached hydrogens (tertiary/aromatic N) is 3. The Balaban J connectivity index is 1.87. The van der Waals surface area contributed by atoms with Crippen LogP contribution in [0.5, 0.6) is 5.75 Å². The molecule has 0 aliphatic heterocycles. The van der Waals surface area contributed by atoms with Crippen LogP contribution in [0.1, 0.15) is 5.56 Å². The number of rotatable bonds is 5. The molecule has 2 aromatic heterocycles. The van der Waals surface area contributed by atoms with E-state index in [0.29, 0.717) is 17.9 Å². The first kappa shape index (κ1) is 16.2. The average Bonchev–Trinajstić information content (AvgIpc) is 2.88. The van der Waals surface area contributed by atoms with Crippen molar-refractivity contribution in [3.05, 3.63) is 46.5 Å². The summed E-state index contributed by atoms with van der Waals surface area (Å²) in [5.74, 6) is 0.318. The van der Waals surface area contributed by atoms with Gasteiger partial charge in [0, 0.05) is 0 Å². The van der Waals surface area contributed by atoms with Gasteiger partial charge in [-0.1, -0.05) is 12.1 Å². The summed E-state index contributed by atoms with van der Waals surface area (Å²) in [6, 6.07) is 6.72. The largest absolute Gasteiger partial charge is 0.481 e. The van der Waals surface area contributed by atoms with E-state index in [9.17, 15) is 9.36 Å². The Hall–Kier alpha value is -2.68. The van der Waals surface area contributed by atoms with Gasteiger partial charge < -0.3 is 24.8 Å². The van der Waals surface area contributed by atoms with Gasteiger partial charge >= 0.3 is 7.60 Å². The molecule has 0 aliphatic carbocycles. The third kappa shape index (κ3) is 3.62. The van der Waals surface area contributed by atoms with Crippen LogP contribution in [-0.2, 0) is 11.1 Å². The van der Waals surface area contributed by atoms with Crippen LogP contribution in [0.4, 0.5) is 5.95 Å². The highest BCUT2D eigenvalue weighted by Gasteiger charge is 2.14. The molecule has 0 spiro atoms. The summed E-state index contributed by atoms with van der Waals surface area (Å²) in [5, 5.41) is 0. The van der Waals surface area contributed by atoms with Crippen molar-refractivity contribution in [3.8, 4) is 5.75 Å². The van der Waals surface area contributed by atoms with Crippen molar-refractivity contribution in [1.82, 2.24) is 19.5 Å². The number of nitrogen functional groups attached to an aromatic ring is 1. The quantitative estimate of drug-likeness (QED) is 0.477. The standard InChI is InChI=1S/C13H14N5O5P/c14-13-16-11-10(12(19)17-13)15-6-18(11)5-8-2-1-3-9(4-8)23-7-24(20,21)22/h1-4,6H,5,7H2,(H2,20,21,22)(H3,14,16,17,19). The number of hydrogen-bond donors (Lipinski definition) is 4. The SMILES string of the molecule is Nc1nc2c(ncn2Cc2cccc(OCP(=O)(O)O)c2)c(=O)[nH]1. The lowest BCUT2D eigenvalue weighted by Crippen LogP contribution is -2.12. The number of nitrogens with one attached hydrogen (secondary N) is 1. The number of benzene rings is 1. The van der Waals surface area contributed by atoms with Gasteiger partial charge in [-0.05, 0) is 17.7 Å². The van der Waals surface area contributed by atoms with Gasteiger partial charge in [-0.25, -0.2) is 4.98 Å². The average molecular weight is 351 g/mol. The number of hydrogen-bond acceptors (Lipinski definition) is 6. The number of imidazole rings is 1. The second-order valence-electron chi connectivity index (χ2n) is 5.08. The highest BCUT2D eigenvalue weighted by atomic mass is 31.2. The molecule has 0 bridgehead atoms. The van der Waals surface area contributed by atoms with Crippen molar-refractivity contribution in [2.45, 2.75) is 6.54 Å². The van der Waals surface area contributed by atoms with Crippen molar-refractivity contribution in [2.24, 2.45) is 0 Å². The van der Waals surface area contributed by atoms with E-state index in [1.165, 1.54) is 6.33 Å². The number of anilines is 1. The molecule has 11 heteroatoms. The zero-order chi connectivity index (χ0) is 17.3. The Morgan fingerprint density at radius 2 is 2.17 bits per heavy atom. The molecule has 0 fully saturated rings. The Labute approximate surface area is 135 Å². The van der Waals surface area contributed by atoms with Crippen LogP contribution in [0.3, 0.4) is 0 Å². The van der Waals surface area contributed by atoms with Crippen LogP contribution >= 0.6 is 7.60 Å². The van der Waals surface area contributed by atoms with Gasteiger partial charge in [0.2, 0.25) is 5.95 Å². The molecule has 10 nitrogen and oxygen atoms in total. The van der Waals surface area contributed by atoms with E-state index in [4.69, 9.17) is 20.3 Å². The number of aromatic amines is 1. The van der Waals surface area contributed by atoms with E-state index < -0.39 is 19.5 Å². The first-order valence-corrected chi connectivity index (χ1v) is 8.58. The van der Waals surface area contributed by atoms with Crippen LogP contribution in [-0.4, -0.2) is 35.7 Å². The fraction of sp³-hybridized carbons (Fsp3) is 0.154. The van der Waals surface area contributed by atoms with Gasteiger partial charge in [0.05, 0.1) is 12.9 Å². The number of aromatic nitrogens is 4. The molecule has 1 aromatic carbocycles. The van der Waals surface area contributed by atoms with Crippen LogP contribution in [0, 0.1) is 0 Å². The Bertz CT molecular complexity index is 992. The summed E-state index contributed by atoms with van der Waals surface area (Å²) < 4.78 is 17.6. The zero-order valence-corrected chi connectivity index (χ0v) is 13.2. The zero-order valence-electron chi connectivity index (χ0n) is 12.3. The van der Waals surface area contributed by atoms with Gasteiger partial charge in [-0.3, -0.25) is 14.3 Å². The summed E-state index contributed by atoms with van der Waals surface area (Å²) in [5.41, 5.74) is 6.43. The smallest absolute Gasteiger partial charge is 0.362 e. The van der Waals surface area contributed by atoms with Gasteiger partial charge in [-0.2, -0.15) is 4.98 Å². The first-order chi connectivity index (χ1) is 11.3. The molecule has 0 aliphatic rings. The molecule has 3 aromatic rings. The van der Waals surface area contributed by atoms with Crippen LogP contribution < -0.4 is 16.0 Å². The fourth-order valence-corrected chi connectivity index (χ4v) is 2.49. The van der Waals surface area contributed by atoms with Gasteiger partial charge in [0.1, 0.15) is 5.75 Å². The van der Waals surface area contributed by atoms with Crippen molar-refractivity contribution < 1.29 is 19.1 Å². The molecule has 2 heterocycles. The minimum Gasteiger partial charge on any atom is -0.481 e. The molecule has 0 saturated heterocycles. The van der Waals surface area contributed by atoms with E-state index in [2.05, 4.69) is 15.0 Å². The summed E-state index contributed by atoms with van der Waals surface area (Å²) in [6.07, 6.45) is 0.771. The second-order valence-corrected chi connectivity index (χ2v) is 6.67. The molecule has 0 atom stereocenters. The van der Waals surface area contributed by atoms with Crippen LogP contribution in [0.25, 0.3) is 11.2 Å². The Kier molecular flexibility index (Phi) is 4.10. The number of fused-ring (bicyclic) bond motifs is 1. The Morgan fingerprint density at radius 3 is 2.92 bits per heavy atom. The maximum absolute atomic E-state index is 11.8. The fourth-order valence-electron chi connectivity index (χ4n) is 2.18. The molecule has 126 valence electrons. The summed E-state index contributed by atoms with van der Waals surface area (Å²) >= 11 is 0. The topological polar surface area (TPSA) is 156 Å². The predicted molar refractivity (Wildman–Crippen MR) is 85.6 cm³/mol. The molecule has 24 heavy (non-hydrogen) atoms. The number of ether oxygens (including phenoxy) is 1. The minimum absolute atomic E-state index is 0.00650. The van der Waals surface area contributed by atoms with Gasteiger partial charge in [0.25, 0.3) is 5.56 Å². The third-order valence-electron chi connectivity index (χ3n) is 3.14. The lowest BCUT2D eigenvalue weighted by Gasteiger charge is -2.09. The van der Waals surface area contributed by atoms with Crippen molar-refractivity contribution in [3.63, 3.8) is 0 Å². The summed E-state index contributed by atoms with van der Waals surface area (Å²) in [6.45, 7) is 0.333. The van der Waals surface area contributed by atoms with Crippen molar-refractivity contribution >= 4 is 24.7 Å². The van der Waals surface area contributed by atoms with Crippen molar-refractivity contribution in [1.29, 1.82) is 0 Å². The summed E-state index contributed by atoms with van der Waals surface area (Å²) in [7, 11) is -4.25. The maximum Gasteiger partial charge on any atom is 0.362 e.